The Balaban J connectivity index is 2.19. The molecule has 0 aliphatic carbocycles. The van der Waals surface area contributed by atoms with Gasteiger partial charge < -0.3 is 15.1 Å². The van der Waals surface area contributed by atoms with Crippen molar-refractivity contribution < 1.29 is 15.0 Å². The molecule has 2 atom stereocenters. The maximum Gasteiger partial charge on any atom is 0.336 e. The number of rotatable bonds is 4. The van der Waals surface area contributed by atoms with Gasteiger partial charge in [-0.1, -0.05) is 30.3 Å². The molecule has 1 aromatic carbocycles. The van der Waals surface area contributed by atoms with Gasteiger partial charge in [0.2, 0.25) is 0 Å². The normalized spacial score (nSPS) is 24.2. The van der Waals surface area contributed by atoms with Crippen LogP contribution in [-0.2, 0) is 4.79 Å². The molecule has 1 saturated heterocycles. The number of nitrogens with zero attached hydrogens (tertiary/aromatic N) is 2. The molecule has 0 aromatic heterocycles. The van der Waals surface area contributed by atoms with Crippen LogP contribution in [0.25, 0.3) is 0 Å². The van der Waals surface area contributed by atoms with Gasteiger partial charge in [0.25, 0.3) is 0 Å². The average Bonchev–Trinajstić information content (AvgIpc) is 2.41. The number of carbonyl (C=O) groups is 1. The second-order valence-corrected chi connectivity index (χ2v) is 5.74. The Morgan fingerprint density at radius 3 is 2.60 bits per heavy atom. The number of β-amino-alcohol motifs (C(OH)–C–C–N with tert-alkyl or cyclic N) is 1. The van der Waals surface area contributed by atoms with Crippen LogP contribution in [0.4, 0.5) is 0 Å². The zero-order valence-corrected chi connectivity index (χ0v) is 12.0. The summed E-state index contributed by atoms with van der Waals surface area (Å²) in [7, 11) is 2.06. The lowest BCUT2D eigenvalue weighted by Gasteiger charge is -2.42. The molecule has 2 rings (SSSR count). The van der Waals surface area contributed by atoms with E-state index >= 15 is 0 Å². The molecule has 0 radical (unpaired) electrons. The van der Waals surface area contributed by atoms with Gasteiger partial charge in [-0.3, -0.25) is 4.90 Å². The molecule has 2 unspecified atom stereocenters. The van der Waals surface area contributed by atoms with Crippen LogP contribution in [-0.4, -0.2) is 64.8 Å². The second-order valence-electron chi connectivity index (χ2n) is 5.74. The van der Waals surface area contributed by atoms with Crippen molar-refractivity contribution in [1.29, 1.82) is 0 Å². The Hall–Kier alpha value is -1.43. The Morgan fingerprint density at radius 1 is 1.35 bits per heavy atom. The quantitative estimate of drug-likeness (QED) is 0.853. The molecule has 0 spiro atoms. The van der Waals surface area contributed by atoms with Crippen molar-refractivity contribution in [1.82, 2.24) is 9.80 Å². The molecule has 5 nitrogen and oxygen atoms in total. The van der Waals surface area contributed by atoms with Crippen LogP contribution >= 0.6 is 0 Å². The molecule has 1 aliphatic rings. The van der Waals surface area contributed by atoms with E-state index in [0.29, 0.717) is 0 Å². The van der Waals surface area contributed by atoms with E-state index in [1.165, 1.54) is 6.92 Å². The van der Waals surface area contributed by atoms with E-state index in [0.717, 1.165) is 25.2 Å². The van der Waals surface area contributed by atoms with Crippen LogP contribution < -0.4 is 0 Å². The van der Waals surface area contributed by atoms with E-state index in [1.807, 2.05) is 30.3 Å². The summed E-state index contributed by atoms with van der Waals surface area (Å²) in [6.45, 7) is 3.95. The molecule has 1 fully saturated rings. The SMILES string of the molecule is CN1CCN(CC(C)(O)C(=O)O)C(c2ccccc2)C1. The van der Waals surface area contributed by atoms with Gasteiger partial charge in [-0.15, -0.1) is 0 Å². The number of carboxylic acids is 1. The molecule has 0 bridgehead atoms. The lowest BCUT2D eigenvalue weighted by Crippen LogP contribution is -2.54. The minimum absolute atomic E-state index is 0.112. The number of benzene rings is 1. The molecular weight excluding hydrogens is 256 g/mol. The van der Waals surface area contributed by atoms with Crippen molar-refractivity contribution >= 4 is 5.97 Å². The monoisotopic (exact) mass is 278 g/mol. The Morgan fingerprint density at radius 2 is 2.00 bits per heavy atom. The van der Waals surface area contributed by atoms with Gasteiger partial charge in [0.05, 0.1) is 0 Å². The van der Waals surface area contributed by atoms with E-state index in [4.69, 9.17) is 5.11 Å². The molecule has 110 valence electrons. The number of aliphatic hydroxyl groups is 1. The summed E-state index contributed by atoms with van der Waals surface area (Å²) in [6.07, 6.45) is 0. The van der Waals surface area contributed by atoms with Gasteiger partial charge in [-0.05, 0) is 19.5 Å². The highest BCUT2D eigenvalue weighted by Gasteiger charge is 2.36. The summed E-state index contributed by atoms with van der Waals surface area (Å²) < 4.78 is 0. The van der Waals surface area contributed by atoms with Gasteiger partial charge in [0, 0.05) is 32.2 Å². The van der Waals surface area contributed by atoms with Crippen molar-refractivity contribution in [3.63, 3.8) is 0 Å². The average molecular weight is 278 g/mol. The first kappa shape index (κ1) is 15.0. The van der Waals surface area contributed by atoms with E-state index in [-0.39, 0.29) is 12.6 Å². The second kappa shape index (κ2) is 5.91. The van der Waals surface area contributed by atoms with Crippen molar-refractivity contribution in [3.8, 4) is 0 Å². The van der Waals surface area contributed by atoms with Crippen LogP contribution in [0.1, 0.15) is 18.5 Å². The summed E-state index contributed by atoms with van der Waals surface area (Å²) >= 11 is 0. The Bertz CT molecular complexity index is 461. The third kappa shape index (κ3) is 3.36. The summed E-state index contributed by atoms with van der Waals surface area (Å²) in [5.74, 6) is -1.18. The predicted octanol–water partition coefficient (Wildman–Crippen LogP) is 0.811. The lowest BCUT2D eigenvalue weighted by atomic mass is 9.99. The lowest BCUT2D eigenvalue weighted by molar-refractivity contribution is -0.159. The van der Waals surface area contributed by atoms with Gasteiger partial charge in [0.1, 0.15) is 0 Å². The van der Waals surface area contributed by atoms with Gasteiger partial charge in [-0.2, -0.15) is 0 Å². The van der Waals surface area contributed by atoms with Crippen molar-refractivity contribution in [2.45, 2.75) is 18.6 Å². The highest BCUT2D eigenvalue weighted by Crippen LogP contribution is 2.26. The molecule has 1 aliphatic heterocycles. The third-order valence-corrected chi connectivity index (χ3v) is 3.85. The fourth-order valence-corrected chi connectivity index (χ4v) is 2.60. The fourth-order valence-electron chi connectivity index (χ4n) is 2.60. The summed E-state index contributed by atoms with van der Waals surface area (Å²) in [6, 6.07) is 10.1. The minimum Gasteiger partial charge on any atom is -0.479 e. The van der Waals surface area contributed by atoms with Crippen LogP contribution in [0.3, 0.4) is 0 Å². The number of carboxylic acid groups (broad SMARTS) is 1. The maximum absolute atomic E-state index is 11.1. The summed E-state index contributed by atoms with van der Waals surface area (Å²) in [5.41, 5.74) is -0.566. The van der Waals surface area contributed by atoms with Crippen molar-refractivity contribution in [2.75, 3.05) is 33.2 Å². The number of likely N-dealkylation sites (N-methyl/N-ethyl adjacent to an activating group) is 1. The summed E-state index contributed by atoms with van der Waals surface area (Å²) in [5, 5.41) is 19.1. The maximum atomic E-state index is 11.1. The Kier molecular flexibility index (Phi) is 4.42. The molecular formula is C15H22N2O3. The van der Waals surface area contributed by atoms with Crippen LogP contribution in [0.15, 0.2) is 30.3 Å². The molecule has 2 N–H and O–H groups in total. The van der Waals surface area contributed by atoms with Crippen LogP contribution in [0.2, 0.25) is 0 Å². The molecule has 1 aromatic rings. The fraction of sp³-hybridized carbons (Fsp3) is 0.533. The third-order valence-electron chi connectivity index (χ3n) is 3.85. The standard InChI is InChI=1S/C15H22N2O3/c1-15(20,14(18)19)11-17-9-8-16(2)10-13(17)12-6-4-3-5-7-12/h3-7,13,20H,8-11H2,1-2H3,(H,18,19). The zero-order valence-electron chi connectivity index (χ0n) is 12.0. The van der Waals surface area contributed by atoms with Crippen LogP contribution in [0, 0.1) is 0 Å². The number of hydrogen-bond donors (Lipinski definition) is 2. The van der Waals surface area contributed by atoms with Crippen molar-refractivity contribution in [3.05, 3.63) is 35.9 Å². The minimum atomic E-state index is -1.72. The van der Waals surface area contributed by atoms with E-state index in [9.17, 15) is 9.90 Å². The van der Waals surface area contributed by atoms with Gasteiger partial charge in [-0.25, -0.2) is 4.79 Å². The van der Waals surface area contributed by atoms with E-state index < -0.39 is 11.6 Å². The number of piperazine rings is 1. The largest absolute Gasteiger partial charge is 0.479 e. The molecule has 5 heteroatoms. The topological polar surface area (TPSA) is 64.0 Å². The molecule has 20 heavy (non-hydrogen) atoms. The molecule has 1 heterocycles. The smallest absolute Gasteiger partial charge is 0.336 e. The first-order chi connectivity index (χ1) is 9.40. The van der Waals surface area contributed by atoms with Crippen LogP contribution in [0.5, 0.6) is 0 Å². The number of hydrogen-bond acceptors (Lipinski definition) is 4. The number of aliphatic carboxylic acids is 1. The van der Waals surface area contributed by atoms with E-state index in [1.54, 1.807) is 0 Å². The molecule has 0 amide bonds. The zero-order chi connectivity index (χ0) is 14.8. The van der Waals surface area contributed by atoms with Crippen molar-refractivity contribution in [2.24, 2.45) is 0 Å². The first-order valence-corrected chi connectivity index (χ1v) is 6.83. The highest BCUT2D eigenvalue weighted by atomic mass is 16.4. The van der Waals surface area contributed by atoms with E-state index in [2.05, 4.69) is 16.8 Å². The van der Waals surface area contributed by atoms with Gasteiger partial charge >= 0.3 is 5.97 Å². The first-order valence-electron chi connectivity index (χ1n) is 6.83. The highest BCUT2D eigenvalue weighted by molar-refractivity contribution is 5.76. The molecule has 0 saturated carbocycles. The Labute approximate surface area is 119 Å². The predicted molar refractivity (Wildman–Crippen MR) is 76.5 cm³/mol. The summed E-state index contributed by atoms with van der Waals surface area (Å²) in [4.78, 5) is 15.4. The van der Waals surface area contributed by atoms with Gasteiger partial charge in [0.15, 0.2) is 5.60 Å².